The smallest absolute Gasteiger partial charge is 0.232 e. The van der Waals surface area contributed by atoms with E-state index in [-0.39, 0.29) is 5.91 Å². The average Bonchev–Trinajstić information content (AvgIpc) is 3.81. The van der Waals surface area contributed by atoms with Crippen LogP contribution in [0, 0.1) is 25.3 Å². The van der Waals surface area contributed by atoms with E-state index in [2.05, 4.69) is 73.8 Å². The van der Waals surface area contributed by atoms with Crippen molar-refractivity contribution in [2.45, 2.75) is 64.7 Å². The molecule has 1 amide bonds. The van der Waals surface area contributed by atoms with Crippen molar-refractivity contribution in [3.8, 4) is 17.5 Å². The minimum Gasteiger partial charge on any atom is -0.354 e. The molecule has 2 saturated heterocycles. The number of fused-ring (bicyclic) bond motifs is 1. The van der Waals surface area contributed by atoms with Crippen LogP contribution in [0.25, 0.3) is 22.2 Å². The number of hydrogen-bond acceptors (Lipinski definition) is 5. The number of likely N-dealkylation sites (tertiary alicyclic amines) is 2. The van der Waals surface area contributed by atoms with E-state index >= 15 is 0 Å². The highest BCUT2D eigenvalue weighted by Crippen LogP contribution is 2.36. The number of aromatic amines is 1. The van der Waals surface area contributed by atoms with Crippen LogP contribution in [0.4, 0.5) is 0 Å². The molecule has 5 heterocycles. The summed E-state index contributed by atoms with van der Waals surface area (Å²) in [5.74, 6) is 1.18. The fourth-order valence-electron chi connectivity index (χ4n) is 6.96. The molecular formula is C36H42N8O. The Labute approximate surface area is 265 Å². The fraction of sp³-hybridized carbons (Fsp3) is 0.417. The number of pyridine rings is 2. The quantitative estimate of drug-likeness (QED) is 0.123. The maximum atomic E-state index is 13.6. The summed E-state index contributed by atoms with van der Waals surface area (Å²) in [4.78, 5) is 35.1. The number of nitriles is 1. The molecule has 2 aliphatic heterocycles. The van der Waals surface area contributed by atoms with Crippen LogP contribution in [-0.2, 0) is 16.6 Å². The molecule has 2 N–H and O–H groups in total. The van der Waals surface area contributed by atoms with E-state index in [1.807, 2.05) is 45.0 Å². The summed E-state index contributed by atoms with van der Waals surface area (Å²) in [7, 11) is 0. The lowest BCUT2D eigenvalue weighted by Gasteiger charge is -2.29. The lowest BCUT2D eigenvalue weighted by Crippen LogP contribution is -2.41. The van der Waals surface area contributed by atoms with Gasteiger partial charge in [-0.3, -0.25) is 25.1 Å². The summed E-state index contributed by atoms with van der Waals surface area (Å²) >= 11 is 0. The molecule has 0 aliphatic carbocycles. The van der Waals surface area contributed by atoms with Gasteiger partial charge in [0.2, 0.25) is 11.9 Å². The van der Waals surface area contributed by atoms with Gasteiger partial charge >= 0.3 is 0 Å². The van der Waals surface area contributed by atoms with Crippen LogP contribution in [0.1, 0.15) is 67.1 Å². The van der Waals surface area contributed by atoms with Crippen LogP contribution in [0.15, 0.2) is 59.9 Å². The SMILES string of the molecule is Cc1cc(-c2[nH]c3ccc(C(C)(C)C(=O)N4CCCC4)cc3c2CCN=C(NC#N)N2CCC(c3ccncc3)C2)cc(C)n1. The number of nitrogens with one attached hydrogen (secondary N) is 2. The second-order valence-electron chi connectivity index (χ2n) is 12.9. The van der Waals surface area contributed by atoms with Crippen molar-refractivity contribution in [2.75, 3.05) is 32.7 Å². The molecule has 232 valence electrons. The van der Waals surface area contributed by atoms with E-state index in [4.69, 9.17) is 4.99 Å². The minimum absolute atomic E-state index is 0.185. The lowest BCUT2D eigenvalue weighted by atomic mass is 9.82. The number of H-pyrrole nitrogens is 1. The number of hydrogen-bond donors (Lipinski definition) is 2. The molecule has 1 atom stereocenters. The van der Waals surface area contributed by atoms with Crippen molar-refractivity contribution in [1.82, 2.24) is 30.1 Å². The van der Waals surface area contributed by atoms with E-state index < -0.39 is 5.41 Å². The molecule has 9 nitrogen and oxygen atoms in total. The molecule has 1 aromatic carbocycles. The molecule has 45 heavy (non-hydrogen) atoms. The lowest BCUT2D eigenvalue weighted by molar-refractivity contribution is -0.135. The van der Waals surface area contributed by atoms with Crippen molar-refractivity contribution >= 4 is 22.8 Å². The first-order chi connectivity index (χ1) is 21.7. The molecule has 0 radical (unpaired) electrons. The molecule has 0 spiro atoms. The summed E-state index contributed by atoms with van der Waals surface area (Å²) in [5.41, 5.74) is 7.86. The molecular weight excluding hydrogens is 560 g/mol. The standard InChI is InChI=1S/C36H42N8O/c1-24-19-28(20-25(2)41-24)33-30(11-15-39-35(40-23-37)44-18-12-27(22-44)26-9-13-38-14-10-26)31-21-29(7-8-32(31)42-33)36(3,4)34(45)43-16-5-6-17-43/h7-10,13-14,19-21,27,42H,5-6,11-12,15-18,22H2,1-4H3,(H,39,40). The Balaban J connectivity index is 1.33. The Kier molecular flexibility index (Phi) is 8.57. The highest BCUT2D eigenvalue weighted by molar-refractivity contribution is 5.94. The highest BCUT2D eigenvalue weighted by Gasteiger charge is 2.35. The van der Waals surface area contributed by atoms with Crippen LogP contribution in [0.3, 0.4) is 0 Å². The van der Waals surface area contributed by atoms with Gasteiger partial charge in [-0.2, -0.15) is 5.26 Å². The van der Waals surface area contributed by atoms with Crippen molar-refractivity contribution < 1.29 is 4.79 Å². The third kappa shape index (κ3) is 6.28. The van der Waals surface area contributed by atoms with Gasteiger partial charge < -0.3 is 14.8 Å². The molecule has 9 heteroatoms. The van der Waals surface area contributed by atoms with Crippen molar-refractivity contribution in [3.63, 3.8) is 0 Å². The fourth-order valence-corrected chi connectivity index (χ4v) is 6.96. The first-order valence-electron chi connectivity index (χ1n) is 16.0. The van der Waals surface area contributed by atoms with Crippen LogP contribution < -0.4 is 5.32 Å². The average molecular weight is 603 g/mol. The largest absolute Gasteiger partial charge is 0.354 e. The number of carbonyl (C=O) groups is 1. The monoisotopic (exact) mass is 602 g/mol. The maximum absolute atomic E-state index is 13.6. The van der Waals surface area contributed by atoms with Crippen molar-refractivity contribution in [1.29, 1.82) is 5.26 Å². The van der Waals surface area contributed by atoms with Gasteiger partial charge in [0.15, 0.2) is 6.19 Å². The second-order valence-corrected chi connectivity index (χ2v) is 12.9. The molecule has 0 bridgehead atoms. The predicted molar refractivity (Wildman–Crippen MR) is 178 cm³/mol. The third-order valence-electron chi connectivity index (χ3n) is 9.38. The molecule has 2 fully saturated rings. The van der Waals surface area contributed by atoms with E-state index in [1.165, 1.54) is 5.56 Å². The van der Waals surface area contributed by atoms with Crippen LogP contribution in [-0.4, -0.2) is 69.3 Å². The van der Waals surface area contributed by atoms with Crippen LogP contribution >= 0.6 is 0 Å². The molecule has 0 saturated carbocycles. The Morgan fingerprint density at radius 3 is 2.51 bits per heavy atom. The number of aryl methyl sites for hydroxylation is 2. The normalized spacial score (nSPS) is 17.2. The van der Waals surface area contributed by atoms with E-state index in [1.54, 1.807) is 0 Å². The number of aliphatic imine (C=N–C) groups is 1. The van der Waals surface area contributed by atoms with Gasteiger partial charge in [0.05, 0.1) is 5.41 Å². The van der Waals surface area contributed by atoms with Gasteiger partial charge in [-0.15, -0.1) is 0 Å². The number of amides is 1. The topological polar surface area (TPSA) is 113 Å². The third-order valence-corrected chi connectivity index (χ3v) is 9.38. The number of benzene rings is 1. The van der Waals surface area contributed by atoms with E-state index in [0.29, 0.717) is 24.8 Å². The van der Waals surface area contributed by atoms with Gasteiger partial charge in [0.1, 0.15) is 0 Å². The molecule has 2 aliphatic rings. The summed E-state index contributed by atoms with van der Waals surface area (Å²) < 4.78 is 0. The molecule has 6 rings (SSSR count). The van der Waals surface area contributed by atoms with E-state index in [9.17, 15) is 10.1 Å². The van der Waals surface area contributed by atoms with Gasteiger partial charge in [-0.25, -0.2) is 0 Å². The van der Waals surface area contributed by atoms with Crippen molar-refractivity contribution in [2.24, 2.45) is 4.99 Å². The van der Waals surface area contributed by atoms with Crippen LogP contribution in [0.2, 0.25) is 0 Å². The van der Waals surface area contributed by atoms with E-state index in [0.717, 1.165) is 90.1 Å². The Morgan fingerprint density at radius 1 is 1.07 bits per heavy atom. The molecule has 1 unspecified atom stereocenters. The van der Waals surface area contributed by atoms with Crippen molar-refractivity contribution in [3.05, 3.63) is 82.9 Å². The number of rotatable bonds is 7. The number of nitrogens with zero attached hydrogens (tertiary/aromatic N) is 6. The zero-order chi connectivity index (χ0) is 31.6. The number of carbonyl (C=O) groups excluding carboxylic acids is 1. The Hall–Kier alpha value is -4.71. The Morgan fingerprint density at radius 2 is 1.80 bits per heavy atom. The molecule has 4 aromatic rings. The summed E-state index contributed by atoms with van der Waals surface area (Å²) in [6, 6.07) is 14.7. The zero-order valence-corrected chi connectivity index (χ0v) is 26.7. The van der Waals surface area contributed by atoms with Gasteiger partial charge in [0, 0.05) is 84.6 Å². The summed E-state index contributed by atoms with van der Waals surface area (Å²) in [6.45, 7) is 11.9. The zero-order valence-electron chi connectivity index (χ0n) is 26.7. The number of guanidine groups is 1. The minimum atomic E-state index is -0.639. The Bertz CT molecular complexity index is 1740. The van der Waals surface area contributed by atoms with Gasteiger partial charge in [-0.05, 0) is 106 Å². The predicted octanol–water partition coefficient (Wildman–Crippen LogP) is 5.60. The van der Waals surface area contributed by atoms with Gasteiger partial charge in [0.25, 0.3) is 0 Å². The first-order valence-corrected chi connectivity index (χ1v) is 16.0. The van der Waals surface area contributed by atoms with Gasteiger partial charge in [-0.1, -0.05) is 6.07 Å². The van der Waals surface area contributed by atoms with Crippen LogP contribution in [0.5, 0.6) is 0 Å². The second kappa shape index (κ2) is 12.7. The molecule has 3 aromatic heterocycles. The maximum Gasteiger partial charge on any atom is 0.232 e. The first kappa shape index (κ1) is 30.3. The summed E-state index contributed by atoms with van der Waals surface area (Å²) in [6.07, 6.45) is 9.57. The summed E-state index contributed by atoms with van der Waals surface area (Å²) in [5, 5.41) is 13.5. The number of aromatic nitrogens is 3. The highest BCUT2D eigenvalue weighted by atomic mass is 16.2.